The fraction of sp³-hybridized carbons (Fsp3) is 0.348. The third kappa shape index (κ3) is 5.37. The van der Waals surface area contributed by atoms with E-state index in [1.807, 2.05) is 33.8 Å². The summed E-state index contributed by atoms with van der Waals surface area (Å²) in [5, 5.41) is 2.47. The number of aryl methyl sites for hydroxylation is 1. The normalized spacial score (nSPS) is 10.3. The summed E-state index contributed by atoms with van der Waals surface area (Å²) in [7, 11) is 2.95. The quantitative estimate of drug-likeness (QED) is 0.528. The van der Waals surface area contributed by atoms with Crippen LogP contribution >= 0.6 is 0 Å². The molecule has 0 aromatic heterocycles. The molecule has 7 heteroatoms. The maximum atomic E-state index is 12.5. The van der Waals surface area contributed by atoms with Crippen molar-refractivity contribution in [1.82, 2.24) is 5.32 Å². The Morgan fingerprint density at radius 3 is 2.00 bits per heavy atom. The standard InChI is InChI=1S/C23H27NO6/c1-13-7-20(16(4)15(3)14(13)2)21(25)12-30-22(26)11-24-23(27)17-8-18(28-5)10-19(9-17)29-6/h7-10H,11-12H2,1-6H3,(H,24,27). The summed E-state index contributed by atoms with van der Waals surface area (Å²) in [5.41, 5.74) is 4.88. The molecule has 0 radical (unpaired) electrons. The van der Waals surface area contributed by atoms with Gasteiger partial charge in [0.2, 0.25) is 5.78 Å². The molecule has 0 bridgehead atoms. The number of esters is 1. The number of methoxy groups -OCH3 is 2. The maximum Gasteiger partial charge on any atom is 0.325 e. The van der Waals surface area contributed by atoms with Gasteiger partial charge in [-0.25, -0.2) is 0 Å². The molecule has 0 aliphatic rings. The molecule has 2 aromatic carbocycles. The molecule has 0 atom stereocenters. The number of carbonyl (C=O) groups is 3. The topological polar surface area (TPSA) is 90.9 Å². The van der Waals surface area contributed by atoms with Gasteiger partial charge in [0, 0.05) is 17.2 Å². The number of Topliss-reactive ketones (excluding diaryl/α,β-unsaturated/α-hetero) is 1. The van der Waals surface area contributed by atoms with Crippen LogP contribution in [0.4, 0.5) is 0 Å². The number of nitrogens with one attached hydrogen (secondary N) is 1. The van der Waals surface area contributed by atoms with E-state index < -0.39 is 11.9 Å². The first-order chi connectivity index (χ1) is 14.2. The van der Waals surface area contributed by atoms with Crippen LogP contribution in [0.2, 0.25) is 0 Å². The molecule has 0 fully saturated rings. The molecule has 0 unspecified atom stereocenters. The predicted octanol–water partition coefficient (Wildman–Crippen LogP) is 3.09. The van der Waals surface area contributed by atoms with Crippen LogP contribution in [0.25, 0.3) is 0 Å². The number of rotatable bonds is 8. The second-order valence-corrected chi connectivity index (χ2v) is 6.98. The second-order valence-electron chi connectivity index (χ2n) is 6.98. The number of hydrogen-bond donors (Lipinski definition) is 1. The minimum absolute atomic E-state index is 0.274. The van der Waals surface area contributed by atoms with Gasteiger partial charge in [0.25, 0.3) is 5.91 Å². The average Bonchev–Trinajstić information content (AvgIpc) is 2.76. The van der Waals surface area contributed by atoms with Gasteiger partial charge < -0.3 is 19.5 Å². The highest BCUT2D eigenvalue weighted by atomic mass is 16.5. The largest absolute Gasteiger partial charge is 0.497 e. The van der Waals surface area contributed by atoms with Gasteiger partial charge in [-0.1, -0.05) is 0 Å². The minimum Gasteiger partial charge on any atom is -0.497 e. The second kappa shape index (κ2) is 9.91. The van der Waals surface area contributed by atoms with Crippen molar-refractivity contribution in [3.63, 3.8) is 0 Å². The fourth-order valence-electron chi connectivity index (χ4n) is 2.97. The third-order valence-corrected chi connectivity index (χ3v) is 5.15. The van der Waals surface area contributed by atoms with Gasteiger partial charge in [0.1, 0.15) is 18.0 Å². The van der Waals surface area contributed by atoms with E-state index in [0.29, 0.717) is 17.1 Å². The van der Waals surface area contributed by atoms with E-state index in [1.54, 1.807) is 6.07 Å². The number of amides is 1. The number of ketones is 1. The van der Waals surface area contributed by atoms with Crippen molar-refractivity contribution in [2.75, 3.05) is 27.4 Å². The highest BCUT2D eigenvalue weighted by Gasteiger charge is 2.17. The minimum atomic E-state index is -0.704. The van der Waals surface area contributed by atoms with Crippen LogP contribution in [-0.2, 0) is 9.53 Å². The smallest absolute Gasteiger partial charge is 0.325 e. The molecule has 0 spiro atoms. The Morgan fingerprint density at radius 2 is 1.43 bits per heavy atom. The van der Waals surface area contributed by atoms with Gasteiger partial charge >= 0.3 is 5.97 Å². The summed E-state index contributed by atoms with van der Waals surface area (Å²) in [4.78, 5) is 36.8. The average molecular weight is 413 g/mol. The van der Waals surface area contributed by atoms with E-state index in [-0.39, 0.29) is 24.5 Å². The summed E-state index contributed by atoms with van der Waals surface area (Å²) >= 11 is 0. The van der Waals surface area contributed by atoms with Gasteiger partial charge in [-0.2, -0.15) is 0 Å². The lowest BCUT2D eigenvalue weighted by atomic mass is 9.93. The number of hydrogen-bond acceptors (Lipinski definition) is 6. The molecule has 2 aromatic rings. The molecular formula is C23H27NO6. The zero-order valence-corrected chi connectivity index (χ0v) is 18.2. The molecule has 7 nitrogen and oxygen atoms in total. The van der Waals surface area contributed by atoms with Crippen LogP contribution < -0.4 is 14.8 Å². The maximum absolute atomic E-state index is 12.5. The van der Waals surface area contributed by atoms with Crippen LogP contribution in [0.5, 0.6) is 11.5 Å². The number of carbonyl (C=O) groups excluding carboxylic acids is 3. The fourth-order valence-corrected chi connectivity index (χ4v) is 2.97. The first-order valence-corrected chi connectivity index (χ1v) is 9.45. The van der Waals surface area contributed by atoms with Crippen molar-refractivity contribution in [2.45, 2.75) is 27.7 Å². The third-order valence-electron chi connectivity index (χ3n) is 5.15. The lowest BCUT2D eigenvalue weighted by Gasteiger charge is -2.13. The van der Waals surface area contributed by atoms with Crippen LogP contribution in [0.3, 0.4) is 0 Å². The predicted molar refractivity (Wildman–Crippen MR) is 113 cm³/mol. The molecule has 0 heterocycles. The zero-order valence-electron chi connectivity index (χ0n) is 18.2. The Morgan fingerprint density at radius 1 is 0.833 bits per heavy atom. The first kappa shape index (κ1) is 22.9. The van der Waals surface area contributed by atoms with Crippen molar-refractivity contribution in [3.05, 3.63) is 57.6 Å². The summed E-state index contributed by atoms with van der Waals surface area (Å²) < 4.78 is 15.3. The summed E-state index contributed by atoms with van der Waals surface area (Å²) in [6, 6.07) is 6.49. The van der Waals surface area contributed by atoms with Crippen LogP contribution in [0.1, 0.15) is 43.0 Å². The van der Waals surface area contributed by atoms with E-state index in [2.05, 4.69) is 5.32 Å². The van der Waals surface area contributed by atoms with E-state index in [1.165, 1.54) is 26.4 Å². The van der Waals surface area contributed by atoms with Crippen molar-refractivity contribution in [2.24, 2.45) is 0 Å². The van der Waals surface area contributed by atoms with Crippen molar-refractivity contribution in [1.29, 1.82) is 0 Å². The van der Waals surface area contributed by atoms with Gasteiger partial charge in [-0.15, -0.1) is 0 Å². The van der Waals surface area contributed by atoms with Gasteiger partial charge in [-0.3, -0.25) is 14.4 Å². The molecule has 0 aliphatic heterocycles. The van der Waals surface area contributed by atoms with E-state index in [4.69, 9.17) is 14.2 Å². The highest BCUT2D eigenvalue weighted by molar-refractivity contribution is 6.00. The Hall–Kier alpha value is -3.35. The molecule has 0 saturated heterocycles. The molecule has 1 N–H and O–H groups in total. The Balaban J connectivity index is 1.94. The monoisotopic (exact) mass is 413 g/mol. The van der Waals surface area contributed by atoms with Gasteiger partial charge in [0.05, 0.1) is 14.2 Å². The molecule has 30 heavy (non-hydrogen) atoms. The number of ether oxygens (including phenoxy) is 3. The Bertz CT molecular complexity index is 958. The van der Waals surface area contributed by atoms with Crippen molar-refractivity contribution >= 4 is 17.7 Å². The lowest BCUT2D eigenvalue weighted by Crippen LogP contribution is -2.31. The molecule has 1 amide bonds. The van der Waals surface area contributed by atoms with E-state index in [0.717, 1.165) is 22.3 Å². The summed E-state index contributed by atoms with van der Waals surface area (Å²) in [6.45, 7) is 7.03. The van der Waals surface area contributed by atoms with Crippen molar-refractivity contribution < 1.29 is 28.6 Å². The lowest BCUT2D eigenvalue weighted by molar-refractivity contribution is -0.141. The molecule has 0 aliphatic carbocycles. The Kier molecular flexibility index (Phi) is 7.58. The first-order valence-electron chi connectivity index (χ1n) is 9.45. The van der Waals surface area contributed by atoms with Crippen molar-refractivity contribution in [3.8, 4) is 11.5 Å². The highest BCUT2D eigenvalue weighted by Crippen LogP contribution is 2.23. The zero-order chi connectivity index (χ0) is 22.4. The molecular weight excluding hydrogens is 386 g/mol. The summed E-state index contributed by atoms with van der Waals surface area (Å²) in [5.74, 6) is -0.574. The van der Waals surface area contributed by atoms with Gasteiger partial charge in [-0.05, 0) is 68.1 Å². The van der Waals surface area contributed by atoms with E-state index >= 15 is 0 Å². The molecule has 2 rings (SSSR count). The van der Waals surface area contributed by atoms with Gasteiger partial charge in [0.15, 0.2) is 6.61 Å². The number of benzene rings is 2. The van der Waals surface area contributed by atoms with Crippen LogP contribution in [-0.4, -0.2) is 45.0 Å². The van der Waals surface area contributed by atoms with E-state index in [9.17, 15) is 14.4 Å². The molecule has 160 valence electrons. The Labute approximate surface area is 176 Å². The van der Waals surface area contributed by atoms with Crippen LogP contribution in [0, 0.1) is 27.7 Å². The SMILES string of the molecule is COc1cc(OC)cc(C(=O)NCC(=O)OCC(=O)c2cc(C)c(C)c(C)c2C)c1. The van der Waals surface area contributed by atoms with Crippen LogP contribution in [0.15, 0.2) is 24.3 Å². The molecule has 0 saturated carbocycles. The summed E-state index contributed by atoms with van der Waals surface area (Å²) in [6.07, 6.45) is 0.